The van der Waals surface area contributed by atoms with Gasteiger partial charge in [0.25, 0.3) is 0 Å². The highest BCUT2D eigenvalue weighted by atomic mass is 16.4. The van der Waals surface area contributed by atoms with Gasteiger partial charge in [0, 0.05) is 13.0 Å². The van der Waals surface area contributed by atoms with Gasteiger partial charge in [0.2, 0.25) is 5.91 Å². The van der Waals surface area contributed by atoms with Crippen molar-refractivity contribution >= 4 is 11.9 Å². The van der Waals surface area contributed by atoms with Gasteiger partial charge in [-0.05, 0) is 17.8 Å². The first-order valence-corrected chi connectivity index (χ1v) is 6.37. The summed E-state index contributed by atoms with van der Waals surface area (Å²) in [4.78, 5) is 22.2. The summed E-state index contributed by atoms with van der Waals surface area (Å²) in [7, 11) is 0. The van der Waals surface area contributed by atoms with Crippen molar-refractivity contribution in [3.05, 3.63) is 0 Å². The van der Waals surface area contributed by atoms with E-state index in [0.29, 0.717) is 0 Å². The summed E-state index contributed by atoms with van der Waals surface area (Å²) in [6.07, 6.45) is 5.28. The number of carbonyl (C=O) groups excluding carboxylic acids is 1. The minimum atomic E-state index is -0.850. The number of hydrogen-bond donors (Lipinski definition) is 2. The predicted molar refractivity (Wildman–Crippen MR) is 65.6 cm³/mol. The van der Waals surface area contributed by atoms with Crippen LogP contribution in [-0.2, 0) is 9.59 Å². The summed E-state index contributed by atoms with van der Waals surface area (Å²) >= 11 is 0. The Morgan fingerprint density at radius 1 is 1.29 bits per heavy atom. The van der Waals surface area contributed by atoms with Crippen molar-refractivity contribution in [2.75, 3.05) is 6.54 Å². The second-order valence-corrected chi connectivity index (χ2v) is 5.85. The van der Waals surface area contributed by atoms with Gasteiger partial charge in [0.15, 0.2) is 0 Å². The first kappa shape index (κ1) is 14.0. The molecule has 0 aromatic carbocycles. The zero-order valence-electron chi connectivity index (χ0n) is 10.8. The van der Waals surface area contributed by atoms with Crippen LogP contribution in [0, 0.1) is 11.3 Å². The highest BCUT2D eigenvalue weighted by molar-refractivity contribution is 5.77. The monoisotopic (exact) mass is 241 g/mol. The van der Waals surface area contributed by atoms with E-state index in [0.717, 1.165) is 18.9 Å². The van der Waals surface area contributed by atoms with Gasteiger partial charge in [-0.3, -0.25) is 9.59 Å². The van der Waals surface area contributed by atoms with Crippen molar-refractivity contribution in [1.29, 1.82) is 0 Å². The molecule has 0 bridgehead atoms. The van der Waals surface area contributed by atoms with E-state index in [1.807, 2.05) is 13.8 Å². The number of carbonyl (C=O) groups is 2. The van der Waals surface area contributed by atoms with E-state index in [4.69, 9.17) is 5.11 Å². The summed E-state index contributed by atoms with van der Waals surface area (Å²) in [5.41, 5.74) is -0.466. The molecule has 1 aliphatic rings. The molecule has 17 heavy (non-hydrogen) atoms. The van der Waals surface area contributed by atoms with Gasteiger partial charge >= 0.3 is 5.97 Å². The molecule has 4 nitrogen and oxygen atoms in total. The molecular formula is C13H23NO3. The molecule has 0 aliphatic heterocycles. The van der Waals surface area contributed by atoms with Crippen molar-refractivity contribution in [1.82, 2.24) is 5.32 Å². The number of amides is 1. The quantitative estimate of drug-likeness (QED) is 0.718. The summed E-state index contributed by atoms with van der Waals surface area (Å²) in [6.45, 7) is 4.35. The fraction of sp³-hybridized carbons (Fsp3) is 0.846. The minimum Gasteiger partial charge on any atom is -0.481 e. The predicted octanol–water partition coefficient (Wildman–Crippen LogP) is 2.18. The van der Waals surface area contributed by atoms with Gasteiger partial charge in [-0.25, -0.2) is 0 Å². The van der Waals surface area contributed by atoms with E-state index in [1.54, 1.807) is 0 Å². The molecule has 1 fully saturated rings. The van der Waals surface area contributed by atoms with Crippen LogP contribution in [0.2, 0.25) is 0 Å². The largest absolute Gasteiger partial charge is 0.481 e. The molecule has 0 radical (unpaired) electrons. The summed E-state index contributed by atoms with van der Waals surface area (Å²) in [5.74, 6) is -0.0878. The van der Waals surface area contributed by atoms with Crippen LogP contribution in [0.25, 0.3) is 0 Å². The lowest BCUT2D eigenvalue weighted by molar-refractivity contribution is -0.139. The Kier molecular flexibility index (Phi) is 4.97. The standard InChI is InChI=1S/C13H23NO3/c1-13(2,9-12(16)17)8-11(15)14-7-6-10-4-3-5-10/h10H,3-9H2,1-2H3,(H,14,15)(H,16,17). The van der Waals surface area contributed by atoms with Crippen molar-refractivity contribution in [3.8, 4) is 0 Å². The molecule has 0 aromatic heterocycles. The molecule has 4 heteroatoms. The lowest BCUT2D eigenvalue weighted by Crippen LogP contribution is -2.32. The van der Waals surface area contributed by atoms with Crippen LogP contribution in [0.5, 0.6) is 0 Å². The van der Waals surface area contributed by atoms with E-state index in [-0.39, 0.29) is 18.7 Å². The van der Waals surface area contributed by atoms with E-state index in [9.17, 15) is 9.59 Å². The van der Waals surface area contributed by atoms with Crippen LogP contribution in [0.15, 0.2) is 0 Å². The molecule has 98 valence electrons. The third kappa shape index (κ3) is 5.71. The maximum atomic E-state index is 11.6. The highest BCUT2D eigenvalue weighted by Crippen LogP contribution is 2.29. The third-order valence-electron chi connectivity index (χ3n) is 3.37. The van der Waals surface area contributed by atoms with E-state index >= 15 is 0 Å². The van der Waals surface area contributed by atoms with E-state index in [2.05, 4.69) is 5.32 Å². The van der Waals surface area contributed by atoms with Crippen LogP contribution >= 0.6 is 0 Å². The lowest BCUT2D eigenvalue weighted by atomic mass is 9.83. The number of carboxylic acid groups (broad SMARTS) is 1. The number of carboxylic acids is 1. The number of nitrogens with one attached hydrogen (secondary N) is 1. The Balaban J connectivity index is 2.16. The molecule has 0 aromatic rings. The summed E-state index contributed by atoms with van der Waals surface area (Å²) in [5, 5.41) is 11.6. The molecule has 0 atom stereocenters. The molecule has 1 rings (SSSR count). The van der Waals surface area contributed by atoms with E-state index < -0.39 is 11.4 Å². The smallest absolute Gasteiger partial charge is 0.303 e. The van der Waals surface area contributed by atoms with Crippen LogP contribution in [-0.4, -0.2) is 23.5 Å². The second-order valence-electron chi connectivity index (χ2n) is 5.85. The topological polar surface area (TPSA) is 66.4 Å². The number of rotatable bonds is 7. The van der Waals surface area contributed by atoms with Gasteiger partial charge in [-0.1, -0.05) is 33.1 Å². The normalized spacial score (nSPS) is 16.4. The SMILES string of the molecule is CC(C)(CC(=O)O)CC(=O)NCCC1CCC1. The highest BCUT2D eigenvalue weighted by Gasteiger charge is 2.25. The van der Waals surface area contributed by atoms with Gasteiger partial charge in [-0.2, -0.15) is 0 Å². The van der Waals surface area contributed by atoms with Crippen LogP contribution in [0.4, 0.5) is 0 Å². The first-order chi connectivity index (χ1) is 7.89. The van der Waals surface area contributed by atoms with Gasteiger partial charge in [0.05, 0.1) is 6.42 Å². The van der Waals surface area contributed by atoms with Crippen molar-refractivity contribution in [3.63, 3.8) is 0 Å². The average molecular weight is 241 g/mol. The summed E-state index contributed by atoms with van der Waals surface area (Å²) < 4.78 is 0. The fourth-order valence-corrected chi connectivity index (χ4v) is 2.17. The molecule has 0 saturated heterocycles. The maximum Gasteiger partial charge on any atom is 0.303 e. The molecule has 1 saturated carbocycles. The molecule has 0 spiro atoms. The maximum absolute atomic E-state index is 11.6. The molecule has 0 heterocycles. The van der Waals surface area contributed by atoms with Gasteiger partial charge in [-0.15, -0.1) is 0 Å². The van der Waals surface area contributed by atoms with Crippen LogP contribution < -0.4 is 5.32 Å². The van der Waals surface area contributed by atoms with Crippen molar-refractivity contribution < 1.29 is 14.7 Å². The minimum absolute atomic E-state index is 0.0308. The summed E-state index contributed by atoms with van der Waals surface area (Å²) in [6, 6.07) is 0. The van der Waals surface area contributed by atoms with Crippen molar-refractivity contribution in [2.45, 2.75) is 52.4 Å². The Hall–Kier alpha value is -1.06. The van der Waals surface area contributed by atoms with Gasteiger partial charge < -0.3 is 10.4 Å². The molecular weight excluding hydrogens is 218 g/mol. The average Bonchev–Trinajstić information content (AvgIpc) is 2.05. The second kappa shape index (κ2) is 6.03. The fourth-order valence-electron chi connectivity index (χ4n) is 2.17. The first-order valence-electron chi connectivity index (χ1n) is 6.37. The number of hydrogen-bond acceptors (Lipinski definition) is 2. The Morgan fingerprint density at radius 2 is 1.94 bits per heavy atom. The lowest BCUT2D eigenvalue weighted by Gasteiger charge is -2.26. The Labute approximate surface area is 103 Å². The van der Waals surface area contributed by atoms with Crippen LogP contribution in [0.1, 0.15) is 52.4 Å². The molecule has 0 unspecified atom stereocenters. The zero-order valence-corrected chi connectivity index (χ0v) is 10.8. The third-order valence-corrected chi connectivity index (χ3v) is 3.37. The Bertz CT molecular complexity index is 282. The molecule has 1 aliphatic carbocycles. The van der Waals surface area contributed by atoms with Gasteiger partial charge in [0.1, 0.15) is 0 Å². The number of aliphatic carboxylic acids is 1. The van der Waals surface area contributed by atoms with Crippen molar-refractivity contribution in [2.24, 2.45) is 11.3 Å². The van der Waals surface area contributed by atoms with Crippen LogP contribution in [0.3, 0.4) is 0 Å². The Morgan fingerprint density at radius 3 is 2.41 bits per heavy atom. The molecule has 1 amide bonds. The molecule has 2 N–H and O–H groups in total. The zero-order chi connectivity index (χ0) is 12.9. The van der Waals surface area contributed by atoms with E-state index in [1.165, 1.54) is 19.3 Å².